The average molecular weight is 407 g/mol. The van der Waals surface area contributed by atoms with Crippen LogP contribution in [0.1, 0.15) is 35.4 Å². The maximum Gasteiger partial charge on any atom is 0.345 e. The van der Waals surface area contributed by atoms with Crippen molar-refractivity contribution in [2.45, 2.75) is 44.9 Å². The maximum absolute atomic E-state index is 12.2. The average Bonchev–Trinajstić information content (AvgIpc) is 2.60. The largest absolute Gasteiger partial charge is 0.356 e. The first-order valence-corrected chi connectivity index (χ1v) is 10.6. The van der Waals surface area contributed by atoms with Crippen LogP contribution in [0.25, 0.3) is 0 Å². The highest BCUT2D eigenvalue weighted by molar-refractivity contribution is 7.89. The third-order valence-electron chi connectivity index (χ3n) is 4.35. The van der Waals surface area contributed by atoms with Gasteiger partial charge in [-0.3, -0.25) is 4.79 Å². The highest BCUT2D eigenvalue weighted by atomic mass is 32.2. The number of aryl methyl sites for hydroxylation is 3. The molecule has 0 saturated carbocycles. The van der Waals surface area contributed by atoms with Gasteiger partial charge in [0.1, 0.15) is 0 Å². The molecule has 1 amide bonds. The number of aromatic nitrogens is 2. The molecule has 0 aliphatic heterocycles. The van der Waals surface area contributed by atoms with E-state index in [2.05, 4.69) is 20.0 Å². The molecule has 0 aliphatic rings. The molecule has 0 aliphatic carbocycles. The van der Waals surface area contributed by atoms with E-state index in [0.29, 0.717) is 25.1 Å². The van der Waals surface area contributed by atoms with Crippen LogP contribution in [0.5, 0.6) is 0 Å². The minimum atomic E-state index is -3.54. The number of H-pyrrole nitrogens is 1. The molecular weight excluding hydrogens is 380 g/mol. The van der Waals surface area contributed by atoms with Crippen molar-refractivity contribution in [2.24, 2.45) is 0 Å². The predicted octanol–water partition coefficient (Wildman–Crippen LogP) is 1.11. The molecule has 1 aromatic carbocycles. The summed E-state index contributed by atoms with van der Waals surface area (Å²) in [6.07, 6.45) is 1.23. The number of nitrogens with one attached hydrogen (secondary N) is 3. The molecule has 0 bridgehead atoms. The van der Waals surface area contributed by atoms with E-state index in [9.17, 15) is 18.0 Å². The summed E-state index contributed by atoms with van der Waals surface area (Å²) < 4.78 is 26.8. The van der Waals surface area contributed by atoms with Crippen LogP contribution in [0.3, 0.4) is 0 Å². The Bertz CT molecular complexity index is 956. The molecule has 8 nitrogen and oxygen atoms in total. The van der Waals surface area contributed by atoms with Gasteiger partial charge in [0, 0.05) is 30.9 Å². The zero-order valence-electron chi connectivity index (χ0n) is 16.3. The number of benzene rings is 1. The van der Waals surface area contributed by atoms with E-state index in [1.165, 1.54) is 0 Å². The molecule has 1 heterocycles. The molecule has 152 valence electrons. The summed E-state index contributed by atoms with van der Waals surface area (Å²) in [7, 11) is -3.54. The van der Waals surface area contributed by atoms with Crippen LogP contribution in [0.2, 0.25) is 0 Å². The second kappa shape index (κ2) is 9.61. The summed E-state index contributed by atoms with van der Waals surface area (Å²) in [5.74, 6) is -0.133. The molecule has 1 aromatic heterocycles. The van der Waals surface area contributed by atoms with Gasteiger partial charge in [-0.2, -0.15) is 4.98 Å². The van der Waals surface area contributed by atoms with Gasteiger partial charge in [-0.05, 0) is 51.3 Å². The van der Waals surface area contributed by atoms with Crippen LogP contribution >= 0.6 is 0 Å². The first-order chi connectivity index (χ1) is 13.2. The Morgan fingerprint density at radius 3 is 2.43 bits per heavy atom. The Morgan fingerprint density at radius 2 is 1.79 bits per heavy atom. The lowest BCUT2D eigenvalue weighted by Gasteiger charge is -2.09. The molecular formula is C19H26N4O4S. The van der Waals surface area contributed by atoms with E-state index < -0.39 is 15.7 Å². The Balaban J connectivity index is 1.71. The van der Waals surface area contributed by atoms with Crippen molar-refractivity contribution in [2.75, 3.05) is 13.1 Å². The van der Waals surface area contributed by atoms with Gasteiger partial charge in [0.15, 0.2) is 0 Å². The first-order valence-electron chi connectivity index (χ1n) is 9.08. The molecule has 9 heteroatoms. The zero-order valence-corrected chi connectivity index (χ0v) is 17.1. The second-order valence-corrected chi connectivity index (χ2v) is 8.41. The van der Waals surface area contributed by atoms with E-state index in [4.69, 9.17) is 0 Å². The van der Waals surface area contributed by atoms with E-state index in [1.54, 1.807) is 38.1 Å². The van der Waals surface area contributed by atoms with E-state index in [1.807, 2.05) is 6.92 Å². The van der Waals surface area contributed by atoms with Crippen molar-refractivity contribution in [1.29, 1.82) is 0 Å². The van der Waals surface area contributed by atoms with Crippen molar-refractivity contribution in [3.63, 3.8) is 0 Å². The van der Waals surface area contributed by atoms with Gasteiger partial charge in [-0.1, -0.05) is 17.7 Å². The SMILES string of the molecule is Cc1ccc(S(=O)(=O)NCCCNC(=O)CCc2c(C)nc(=O)[nH]c2C)cc1. The van der Waals surface area contributed by atoms with Crippen LogP contribution in [-0.2, 0) is 21.2 Å². The van der Waals surface area contributed by atoms with Crippen molar-refractivity contribution in [1.82, 2.24) is 20.0 Å². The number of nitrogens with zero attached hydrogens (tertiary/aromatic N) is 1. The summed E-state index contributed by atoms with van der Waals surface area (Å²) >= 11 is 0. The summed E-state index contributed by atoms with van der Waals surface area (Å²) in [5.41, 5.74) is 2.80. The number of carbonyl (C=O) groups is 1. The van der Waals surface area contributed by atoms with Gasteiger partial charge >= 0.3 is 5.69 Å². The fraction of sp³-hybridized carbons (Fsp3) is 0.421. The molecule has 0 radical (unpaired) electrons. The van der Waals surface area contributed by atoms with E-state index in [-0.39, 0.29) is 23.8 Å². The summed E-state index contributed by atoms with van der Waals surface area (Å²) in [6.45, 7) is 6.03. The number of hydrogen-bond donors (Lipinski definition) is 3. The summed E-state index contributed by atoms with van der Waals surface area (Å²) in [6, 6.07) is 6.62. The van der Waals surface area contributed by atoms with Crippen LogP contribution in [0.4, 0.5) is 0 Å². The Kier molecular flexibility index (Phi) is 7.47. The summed E-state index contributed by atoms with van der Waals surface area (Å²) in [5, 5.41) is 2.77. The van der Waals surface area contributed by atoms with Gasteiger partial charge in [0.25, 0.3) is 0 Å². The maximum atomic E-state index is 12.2. The van der Waals surface area contributed by atoms with Crippen molar-refractivity contribution in [3.8, 4) is 0 Å². The fourth-order valence-electron chi connectivity index (χ4n) is 2.77. The Labute approximate surface area is 164 Å². The predicted molar refractivity (Wildman–Crippen MR) is 107 cm³/mol. The molecule has 0 unspecified atom stereocenters. The Morgan fingerprint density at radius 1 is 1.11 bits per heavy atom. The first kappa shape index (κ1) is 21.8. The number of aromatic amines is 1. The van der Waals surface area contributed by atoms with Gasteiger partial charge < -0.3 is 10.3 Å². The van der Waals surface area contributed by atoms with E-state index >= 15 is 0 Å². The number of rotatable bonds is 9. The van der Waals surface area contributed by atoms with Crippen molar-refractivity contribution in [3.05, 3.63) is 57.3 Å². The monoisotopic (exact) mass is 406 g/mol. The van der Waals surface area contributed by atoms with Gasteiger partial charge in [-0.25, -0.2) is 17.9 Å². The van der Waals surface area contributed by atoms with Gasteiger partial charge in [-0.15, -0.1) is 0 Å². The fourth-order valence-corrected chi connectivity index (χ4v) is 3.85. The molecule has 0 spiro atoms. The molecule has 0 fully saturated rings. The van der Waals surface area contributed by atoms with Gasteiger partial charge in [0.05, 0.1) is 4.90 Å². The van der Waals surface area contributed by atoms with Crippen LogP contribution in [0.15, 0.2) is 34.0 Å². The Hall–Kier alpha value is -2.52. The lowest BCUT2D eigenvalue weighted by molar-refractivity contribution is -0.121. The van der Waals surface area contributed by atoms with Crippen LogP contribution < -0.4 is 15.7 Å². The van der Waals surface area contributed by atoms with E-state index in [0.717, 1.165) is 16.8 Å². The number of carbonyl (C=O) groups excluding carboxylic acids is 1. The van der Waals surface area contributed by atoms with Crippen LogP contribution in [0, 0.1) is 20.8 Å². The third-order valence-corrected chi connectivity index (χ3v) is 5.83. The number of sulfonamides is 1. The molecule has 3 N–H and O–H groups in total. The van der Waals surface area contributed by atoms with Gasteiger partial charge in [0.2, 0.25) is 15.9 Å². The highest BCUT2D eigenvalue weighted by Crippen LogP contribution is 2.10. The van der Waals surface area contributed by atoms with Crippen molar-refractivity contribution < 1.29 is 13.2 Å². The normalized spacial score (nSPS) is 11.4. The minimum absolute atomic E-state index is 0.133. The smallest absolute Gasteiger partial charge is 0.345 e. The van der Waals surface area contributed by atoms with Crippen LogP contribution in [-0.4, -0.2) is 37.4 Å². The molecule has 0 atom stereocenters. The number of amides is 1. The summed E-state index contributed by atoms with van der Waals surface area (Å²) in [4.78, 5) is 30.0. The lowest BCUT2D eigenvalue weighted by atomic mass is 10.1. The molecule has 2 rings (SSSR count). The quantitative estimate of drug-likeness (QED) is 0.539. The lowest BCUT2D eigenvalue weighted by Crippen LogP contribution is -2.30. The molecule has 28 heavy (non-hydrogen) atoms. The molecule has 0 saturated heterocycles. The minimum Gasteiger partial charge on any atom is -0.356 e. The molecule has 2 aromatic rings. The second-order valence-electron chi connectivity index (χ2n) is 6.65. The highest BCUT2D eigenvalue weighted by Gasteiger charge is 2.13. The third kappa shape index (κ3) is 6.28. The zero-order chi connectivity index (χ0) is 20.7. The topological polar surface area (TPSA) is 121 Å². The van der Waals surface area contributed by atoms with Crippen molar-refractivity contribution >= 4 is 15.9 Å². The number of hydrogen-bond acceptors (Lipinski definition) is 5. The standard InChI is InChI=1S/C19H26N4O4S/c1-13-5-7-16(8-6-13)28(26,27)21-12-4-11-20-18(24)10-9-17-14(2)22-19(25)23-15(17)3/h5-8,21H,4,9-12H2,1-3H3,(H,20,24)(H,22,23,25).